The van der Waals surface area contributed by atoms with Gasteiger partial charge in [-0.25, -0.2) is 27.9 Å². The number of anilines is 1. The monoisotopic (exact) mass is 401 g/mol. The van der Waals surface area contributed by atoms with Gasteiger partial charge in [0.1, 0.15) is 11.6 Å². The number of hydrogen-bond donors (Lipinski definition) is 0. The summed E-state index contributed by atoms with van der Waals surface area (Å²) in [4.78, 5) is 19.9. The molecular weight excluding hydrogens is 378 g/mol. The zero-order valence-electron chi connectivity index (χ0n) is 16.3. The maximum Gasteiger partial charge on any atom is 0.192 e. The van der Waals surface area contributed by atoms with E-state index in [1.165, 1.54) is 6.26 Å². The molecule has 0 radical (unpaired) electrons. The second kappa shape index (κ2) is 7.08. The first-order chi connectivity index (χ1) is 13.3. The summed E-state index contributed by atoms with van der Waals surface area (Å²) in [5.74, 6) is 1.84. The smallest absolute Gasteiger partial charge is 0.192 e. The molecule has 10 heteroatoms. The summed E-state index contributed by atoms with van der Waals surface area (Å²) in [6, 6.07) is 1.58. The van der Waals surface area contributed by atoms with Gasteiger partial charge in [-0.2, -0.15) is 5.10 Å². The van der Waals surface area contributed by atoms with Crippen molar-refractivity contribution in [2.75, 3.05) is 24.2 Å². The average Bonchev–Trinajstić information content (AvgIpc) is 3.32. The molecule has 1 aliphatic rings. The van der Waals surface area contributed by atoms with E-state index in [4.69, 9.17) is 0 Å². The summed E-state index contributed by atoms with van der Waals surface area (Å²) in [5.41, 5.74) is 2.46. The highest BCUT2D eigenvalue weighted by Gasteiger charge is 2.20. The summed E-state index contributed by atoms with van der Waals surface area (Å²) >= 11 is 0. The van der Waals surface area contributed by atoms with Crippen molar-refractivity contribution in [3.05, 3.63) is 35.3 Å². The minimum absolute atomic E-state index is 0.0678. The van der Waals surface area contributed by atoms with E-state index >= 15 is 0 Å². The van der Waals surface area contributed by atoms with Gasteiger partial charge in [0.2, 0.25) is 0 Å². The number of aromatic nitrogens is 6. The molecule has 0 amide bonds. The Hall–Kier alpha value is -2.62. The minimum atomic E-state index is -3.41. The molecule has 1 saturated heterocycles. The fourth-order valence-electron chi connectivity index (χ4n) is 3.34. The van der Waals surface area contributed by atoms with Gasteiger partial charge in [-0.1, -0.05) is 0 Å². The average molecular weight is 401 g/mol. The summed E-state index contributed by atoms with van der Waals surface area (Å²) < 4.78 is 25.9. The molecule has 148 valence electrons. The van der Waals surface area contributed by atoms with Crippen LogP contribution in [0.2, 0.25) is 0 Å². The van der Waals surface area contributed by atoms with Crippen LogP contribution >= 0.6 is 0 Å². The molecule has 0 spiro atoms. The van der Waals surface area contributed by atoms with Gasteiger partial charge < -0.3 is 4.90 Å². The molecular formula is C18H23N7O2S. The number of rotatable bonds is 5. The van der Waals surface area contributed by atoms with E-state index in [-0.39, 0.29) is 5.03 Å². The van der Waals surface area contributed by atoms with Gasteiger partial charge in [-0.15, -0.1) is 0 Å². The Morgan fingerprint density at radius 2 is 1.75 bits per heavy atom. The molecule has 0 unspecified atom stereocenters. The SMILES string of the molecule is Cc1ncc(C)n2nc(CCc3nc(N4CCCC4)cc(S(C)(=O)=O)n3)nc12. The highest BCUT2D eigenvalue weighted by atomic mass is 32.2. The Morgan fingerprint density at radius 3 is 2.43 bits per heavy atom. The lowest BCUT2D eigenvalue weighted by Gasteiger charge is -2.17. The van der Waals surface area contributed by atoms with Gasteiger partial charge in [0.05, 0.1) is 11.4 Å². The Morgan fingerprint density at radius 1 is 1.04 bits per heavy atom. The van der Waals surface area contributed by atoms with E-state index in [0.717, 1.165) is 43.0 Å². The van der Waals surface area contributed by atoms with Crippen molar-refractivity contribution in [3.8, 4) is 0 Å². The molecule has 0 N–H and O–H groups in total. The van der Waals surface area contributed by atoms with Crippen LogP contribution in [0.15, 0.2) is 17.3 Å². The predicted molar refractivity (Wildman–Crippen MR) is 104 cm³/mol. The highest BCUT2D eigenvalue weighted by molar-refractivity contribution is 7.90. The first kappa shape index (κ1) is 18.7. The van der Waals surface area contributed by atoms with Gasteiger partial charge in [0, 0.05) is 44.5 Å². The van der Waals surface area contributed by atoms with Crippen LogP contribution in [0.4, 0.5) is 5.82 Å². The first-order valence-corrected chi connectivity index (χ1v) is 11.2. The van der Waals surface area contributed by atoms with Crippen LogP contribution in [-0.2, 0) is 22.7 Å². The molecule has 28 heavy (non-hydrogen) atoms. The van der Waals surface area contributed by atoms with Crippen molar-refractivity contribution in [2.24, 2.45) is 0 Å². The minimum Gasteiger partial charge on any atom is -0.356 e. The fourth-order valence-corrected chi connectivity index (χ4v) is 3.93. The van der Waals surface area contributed by atoms with Crippen LogP contribution < -0.4 is 4.90 Å². The van der Waals surface area contributed by atoms with Crippen molar-refractivity contribution in [3.63, 3.8) is 0 Å². The van der Waals surface area contributed by atoms with Crippen molar-refractivity contribution < 1.29 is 8.42 Å². The molecule has 4 rings (SSSR count). The van der Waals surface area contributed by atoms with Crippen LogP contribution in [0.5, 0.6) is 0 Å². The zero-order valence-corrected chi connectivity index (χ0v) is 17.1. The number of hydrogen-bond acceptors (Lipinski definition) is 8. The third-order valence-corrected chi connectivity index (χ3v) is 5.84. The topological polar surface area (TPSA) is 106 Å². The Labute approximate surface area is 163 Å². The predicted octanol–water partition coefficient (Wildman–Crippen LogP) is 1.32. The van der Waals surface area contributed by atoms with E-state index in [9.17, 15) is 8.42 Å². The van der Waals surface area contributed by atoms with Gasteiger partial charge in [0.15, 0.2) is 26.3 Å². The molecule has 0 aliphatic carbocycles. The molecule has 0 saturated carbocycles. The van der Waals surface area contributed by atoms with E-state index in [1.807, 2.05) is 13.8 Å². The molecule has 0 bridgehead atoms. The quantitative estimate of drug-likeness (QED) is 0.589. The Balaban J connectivity index is 1.63. The van der Waals surface area contributed by atoms with Crippen molar-refractivity contribution in [1.29, 1.82) is 0 Å². The van der Waals surface area contributed by atoms with Gasteiger partial charge >= 0.3 is 0 Å². The standard InChI is InChI=1S/C18H23N7O2S/c1-12-11-19-13(2)18-22-15(23-25(12)18)7-6-14-20-16(24-8-4-5-9-24)10-17(21-14)28(3,26)27/h10-11H,4-9H2,1-3H3. The molecule has 9 nitrogen and oxygen atoms in total. The molecule has 3 aromatic rings. The van der Waals surface area contributed by atoms with Crippen LogP contribution in [0.3, 0.4) is 0 Å². The zero-order chi connectivity index (χ0) is 19.9. The number of aryl methyl sites for hydroxylation is 4. The summed E-state index contributed by atoms with van der Waals surface area (Å²) in [5, 5.41) is 4.61. The molecule has 3 aromatic heterocycles. The largest absolute Gasteiger partial charge is 0.356 e. The molecule has 4 heterocycles. The van der Waals surface area contributed by atoms with Crippen LogP contribution in [0.25, 0.3) is 5.65 Å². The van der Waals surface area contributed by atoms with Crippen LogP contribution in [-0.4, -0.2) is 57.3 Å². The van der Waals surface area contributed by atoms with Crippen LogP contribution in [0.1, 0.15) is 35.9 Å². The summed E-state index contributed by atoms with van der Waals surface area (Å²) in [7, 11) is -3.41. The van der Waals surface area contributed by atoms with Gasteiger partial charge in [-0.3, -0.25) is 4.98 Å². The molecule has 1 fully saturated rings. The second-order valence-electron chi connectivity index (χ2n) is 7.20. The number of sulfone groups is 1. The lowest BCUT2D eigenvalue weighted by Crippen LogP contribution is -2.21. The lowest BCUT2D eigenvalue weighted by molar-refractivity contribution is 0.596. The third-order valence-electron chi connectivity index (χ3n) is 4.87. The molecule has 0 aromatic carbocycles. The van der Waals surface area contributed by atoms with Gasteiger partial charge in [-0.05, 0) is 26.7 Å². The van der Waals surface area contributed by atoms with E-state index in [2.05, 4.69) is 29.9 Å². The van der Waals surface area contributed by atoms with Gasteiger partial charge in [0.25, 0.3) is 0 Å². The second-order valence-corrected chi connectivity index (χ2v) is 9.16. The number of nitrogens with zero attached hydrogens (tertiary/aromatic N) is 7. The molecule has 1 aliphatic heterocycles. The maximum absolute atomic E-state index is 12.1. The fraction of sp³-hybridized carbons (Fsp3) is 0.500. The first-order valence-electron chi connectivity index (χ1n) is 9.32. The Kier molecular flexibility index (Phi) is 4.74. The number of fused-ring (bicyclic) bond motifs is 1. The molecule has 0 atom stereocenters. The van der Waals surface area contributed by atoms with E-state index < -0.39 is 9.84 Å². The van der Waals surface area contributed by atoms with Crippen molar-refractivity contribution in [1.82, 2.24) is 29.5 Å². The highest BCUT2D eigenvalue weighted by Crippen LogP contribution is 2.21. The summed E-state index contributed by atoms with van der Waals surface area (Å²) in [6.07, 6.45) is 6.10. The third kappa shape index (κ3) is 3.68. The summed E-state index contributed by atoms with van der Waals surface area (Å²) in [6.45, 7) is 5.60. The van der Waals surface area contributed by atoms with E-state index in [0.29, 0.717) is 30.3 Å². The van der Waals surface area contributed by atoms with Crippen molar-refractivity contribution in [2.45, 2.75) is 44.6 Å². The maximum atomic E-state index is 12.1. The Bertz CT molecular complexity index is 1100. The van der Waals surface area contributed by atoms with Crippen molar-refractivity contribution >= 4 is 21.3 Å². The van der Waals surface area contributed by atoms with Crippen LogP contribution in [0, 0.1) is 13.8 Å². The van der Waals surface area contributed by atoms with E-state index in [1.54, 1.807) is 16.8 Å². The lowest BCUT2D eigenvalue weighted by atomic mass is 10.3. The normalized spacial score (nSPS) is 14.9.